The smallest absolute Gasteiger partial charge is 0.136 e. The molecule has 2 heteroatoms. The second-order valence-electron chi connectivity index (χ2n) is 17.1. The maximum Gasteiger partial charge on any atom is 0.136 e. The third-order valence-corrected chi connectivity index (χ3v) is 14.3. The summed E-state index contributed by atoms with van der Waals surface area (Å²) in [5, 5.41) is 12.0. The van der Waals surface area contributed by atoms with Crippen molar-refractivity contribution in [3.05, 3.63) is 216 Å². The molecule has 0 saturated heterocycles. The molecular weight excluding hydrogens is 741 g/mol. The second-order valence-corrected chi connectivity index (χ2v) is 17.1. The molecule has 2 aromatic heterocycles. The van der Waals surface area contributed by atoms with Crippen molar-refractivity contribution in [3.8, 4) is 44.5 Å². The standard InChI is InChI=1S/C59H32O2/c1-5-13-49-39(9-1)40-10-2-6-14-50(40)59(49)51-15-7-3-11-41(51)42-25-21-35(29-52(42)59)37-23-17-33-20-28-46-38(24-18-34-19-27-45(37)57(33)58(34)46)36-22-26-44-48-32-55-47(31-56(48)61-54(44)30-36)43-12-4-8-16-53(43)60-55/h1-32H. The predicted octanol–water partition coefficient (Wildman–Crippen LogP) is 16.1. The van der Waals surface area contributed by atoms with Crippen LogP contribution in [0, 0.1) is 0 Å². The maximum atomic E-state index is 6.62. The highest BCUT2D eigenvalue weighted by Gasteiger charge is 2.51. The summed E-state index contributed by atoms with van der Waals surface area (Å²) >= 11 is 0. The molecule has 280 valence electrons. The van der Waals surface area contributed by atoms with Crippen molar-refractivity contribution in [2.45, 2.75) is 5.41 Å². The number of para-hydroxylation sites is 1. The Labute approximate surface area is 349 Å². The van der Waals surface area contributed by atoms with Crippen LogP contribution in [-0.4, -0.2) is 0 Å². The lowest BCUT2D eigenvalue weighted by molar-refractivity contribution is 0.664. The molecule has 0 saturated carbocycles. The molecule has 0 fully saturated rings. The minimum absolute atomic E-state index is 0.381. The number of fused-ring (bicyclic) bond motifs is 16. The van der Waals surface area contributed by atoms with Crippen molar-refractivity contribution in [2.75, 3.05) is 0 Å². The van der Waals surface area contributed by atoms with Crippen LogP contribution in [0.15, 0.2) is 203 Å². The van der Waals surface area contributed by atoms with Crippen molar-refractivity contribution in [2.24, 2.45) is 0 Å². The fourth-order valence-corrected chi connectivity index (χ4v) is 11.7. The van der Waals surface area contributed by atoms with Crippen molar-refractivity contribution in [3.63, 3.8) is 0 Å². The van der Waals surface area contributed by atoms with Gasteiger partial charge in [-0.1, -0.05) is 158 Å². The lowest BCUT2D eigenvalue weighted by Crippen LogP contribution is -2.25. The molecule has 2 aliphatic rings. The van der Waals surface area contributed by atoms with Crippen LogP contribution in [0.3, 0.4) is 0 Å². The molecule has 0 bridgehead atoms. The van der Waals surface area contributed by atoms with E-state index in [1.165, 1.54) is 93.5 Å². The molecule has 61 heavy (non-hydrogen) atoms. The van der Waals surface area contributed by atoms with E-state index in [2.05, 4.69) is 182 Å². The Morgan fingerprint density at radius 1 is 0.262 bits per heavy atom. The largest absolute Gasteiger partial charge is 0.456 e. The number of benzene rings is 11. The van der Waals surface area contributed by atoms with E-state index in [4.69, 9.17) is 8.83 Å². The molecule has 0 radical (unpaired) electrons. The summed E-state index contributed by atoms with van der Waals surface area (Å²) in [4.78, 5) is 0. The van der Waals surface area contributed by atoms with Crippen molar-refractivity contribution >= 4 is 76.2 Å². The van der Waals surface area contributed by atoms with E-state index in [-0.39, 0.29) is 5.41 Å². The van der Waals surface area contributed by atoms with Gasteiger partial charge in [-0.15, -0.1) is 0 Å². The van der Waals surface area contributed by atoms with Gasteiger partial charge in [0.05, 0.1) is 5.41 Å². The molecule has 2 heterocycles. The molecule has 0 atom stereocenters. The number of furan rings is 2. The first-order chi connectivity index (χ1) is 30.2. The molecule has 1 spiro atoms. The van der Waals surface area contributed by atoms with Crippen molar-refractivity contribution in [1.29, 1.82) is 0 Å². The third kappa shape index (κ3) is 3.94. The third-order valence-electron chi connectivity index (χ3n) is 14.3. The first-order valence-electron chi connectivity index (χ1n) is 21.1. The van der Waals surface area contributed by atoms with Crippen LogP contribution in [0.5, 0.6) is 0 Å². The van der Waals surface area contributed by atoms with Gasteiger partial charge in [0.15, 0.2) is 0 Å². The van der Waals surface area contributed by atoms with Crippen LogP contribution in [-0.2, 0) is 5.41 Å². The minimum atomic E-state index is -0.381. The van der Waals surface area contributed by atoms with E-state index >= 15 is 0 Å². The van der Waals surface area contributed by atoms with Crippen molar-refractivity contribution < 1.29 is 8.83 Å². The van der Waals surface area contributed by atoms with Crippen LogP contribution in [0.4, 0.5) is 0 Å². The Hall–Kier alpha value is -7.94. The van der Waals surface area contributed by atoms with Crippen LogP contribution in [0.2, 0.25) is 0 Å². The zero-order chi connectivity index (χ0) is 39.6. The van der Waals surface area contributed by atoms with Gasteiger partial charge < -0.3 is 8.83 Å². The molecule has 0 amide bonds. The minimum Gasteiger partial charge on any atom is -0.456 e. The number of hydrogen-bond donors (Lipinski definition) is 0. The van der Waals surface area contributed by atoms with Crippen LogP contribution >= 0.6 is 0 Å². The molecular formula is C59H32O2. The molecule has 2 nitrogen and oxygen atoms in total. The van der Waals surface area contributed by atoms with Gasteiger partial charge in [0.25, 0.3) is 0 Å². The summed E-state index contributed by atoms with van der Waals surface area (Å²) in [5.74, 6) is 0. The number of rotatable bonds is 2. The average Bonchev–Trinajstić information content (AvgIpc) is 4.04. The summed E-state index contributed by atoms with van der Waals surface area (Å²) in [6.07, 6.45) is 0. The average molecular weight is 773 g/mol. The zero-order valence-corrected chi connectivity index (χ0v) is 32.8. The first-order valence-corrected chi connectivity index (χ1v) is 21.1. The Morgan fingerprint density at radius 2 is 0.689 bits per heavy atom. The van der Waals surface area contributed by atoms with E-state index in [0.29, 0.717) is 0 Å². The summed E-state index contributed by atoms with van der Waals surface area (Å²) < 4.78 is 12.9. The maximum absolute atomic E-state index is 6.62. The summed E-state index contributed by atoms with van der Waals surface area (Å²) in [5.41, 5.74) is 18.7. The zero-order valence-electron chi connectivity index (χ0n) is 32.8. The van der Waals surface area contributed by atoms with E-state index in [9.17, 15) is 0 Å². The molecule has 0 aliphatic heterocycles. The van der Waals surface area contributed by atoms with Gasteiger partial charge in [0.1, 0.15) is 22.3 Å². The van der Waals surface area contributed by atoms with Gasteiger partial charge in [-0.25, -0.2) is 0 Å². The monoisotopic (exact) mass is 772 g/mol. The topological polar surface area (TPSA) is 26.3 Å². The normalized spacial score (nSPS) is 13.7. The first kappa shape index (κ1) is 32.0. The SMILES string of the molecule is c1ccc2c(c1)-c1ccccc1C21c2ccccc2-c2ccc(-c3ccc4ccc5c(-c6ccc7c(c6)oc6cc8c(cc67)oc6ccccc68)ccc6ccc3c4c65)cc21. The lowest BCUT2D eigenvalue weighted by Gasteiger charge is -2.30. The van der Waals surface area contributed by atoms with Crippen molar-refractivity contribution in [1.82, 2.24) is 0 Å². The summed E-state index contributed by atoms with van der Waals surface area (Å²) in [6.45, 7) is 0. The predicted molar refractivity (Wildman–Crippen MR) is 252 cm³/mol. The Morgan fingerprint density at radius 3 is 1.31 bits per heavy atom. The molecule has 0 unspecified atom stereocenters. The van der Waals surface area contributed by atoms with Gasteiger partial charge in [-0.05, 0) is 135 Å². The van der Waals surface area contributed by atoms with Crippen LogP contribution in [0.1, 0.15) is 22.3 Å². The fraction of sp³-hybridized carbons (Fsp3) is 0.0169. The van der Waals surface area contributed by atoms with E-state index in [1.807, 2.05) is 12.1 Å². The Bertz CT molecular complexity index is 4000. The van der Waals surface area contributed by atoms with E-state index < -0.39 is 0 Å². The van der Waals surface area contributed by atoms with Gasteiger partial charge in [-0.2, -0.15) is 0 Å². The molecule has 2 aliphatic carbocycles. The van der Waals surface area contributed by atoms with Gasteiger partial charge in [-0.3, -0.25) is 0 Å². The van der Waals surface area contributed by atoms with E-state index in [1.54, 1.807) is 0 Å². The fourth-order valence-electron chi connectivity index (χ4n) is 11.7. The molecule has 15 rings (SSSR count). The van der Waals surface area contributed by atoms with Crippen LogP contribution in [0.25, 0.3) is 121 Å². The highest BCUT2D eigenvalue weighted by molar-refractivity contribution is 6.28. The molecule has 0 N–H and O–H groups in total. The second kappa shape index (κ2) is 11.2. The molecule has 11 aromatic carbocycles. The van der Waals surface area contributed by atoms with Crippen LogP contribution < -0.4 is 0 Å². The summed E-state index contributed by atoms with van der Waals surface area (Å²) in [7, 11) is 0. The highest BCUT2D eigenvalue weighted by atomic mass is 16.3. The Kier molecular flexibility index (Phi) is 5.87. The van der Waals surface area contributed by atoms with Gasteiger partial charge in [0, 0.05) is 21.5 Å². The van der Waals surface area contributed by atoms with Gasteiger partial charge >= 0.3 is 0 Å². The number of hydrogen-bond acceptors (Lipinski definition) is 2. The quantitative estimate of drug-likeness (QED) is 0.164. The summed E-state index contributed by atoms with van der Waals surface area (Å²) in [6, 6.07) is 72.0. The molecule has 13 aromatic rings. The van der Waals surface area contributed by atoms with Gasteiger partial charge in [0.2, 0.25) is 0 Å². The lowest BCUT2D eigenvalue weighted by atomic mass is 9.70. The highest BCUT2D eigenvalue weighted by Crippen LogP contribution is 2.63. The Balaban J connectivity index is 0.918. The van der Waals surface area contributed by atoms with E-state index in [0.717, 1.165) is 49.4 Å².